The Morgan fingerprint density at radius 1 is 1.05 bits per heavy atom. The Labute approximate surface area is 118 Å². The molecule has 0 saturated heterocycles. The zero-order valence-electron chi connectivity index (χ0n) is 12.8. The Hall–Kier alpha value is -1.02. The van der Waals surface area contributed by atoms with Crippen LogP contribution in [0.1, 0.15) is 50.2 Å². The highest BCUT2D eigenvalue weighted by atomic mass is 16.5. The number of rotatable bonds is 10. The second-order valence-corrected chi connectivity index (χ2v) is 5.23. The van der Waals surface area contributed by atoms with Gasteiger partial charge in [0.2, 0.25) is 0 Å². The smallest absolute Gasteiger partial charge is 0.122 e. The van der Waals surface area contributed by atoms with Gasteiger partial charge in [-0.1, -0.05) is 37.5 Å². The lowest BCUT2D eigenvalue weighted by Gasteiger charge is -2.09. The third-order valence-electron chi connectivity index (χ3n) is 3.41. The van der Waals surface area contributed by atoms with E-state index in [0.29, 0.717) is 0 Å². The summed E-state index contributed by atoms with van der Waals surface area (Å²) in [6.45, 7) is 6.67. The normalized spacial score (nSPS) is 10.7. The SMILES string of the molecule is CCCNCCCCCCc1cc(C)ccc1OC. The van der Waals surface area contributed by atoms with Crippen LogP contribution < -0.4 is 10.1 Å². The van der Waals surface area contributed by atoms with Crippen LogP contribution in [0.3, 0.4) is 0 Å². The summed E-state index contributed by atoms with van der Waals surface area (Å²) in [5.74, 6) is 1.04. The zero-order valence-corrected chi connectivity index (χ0v) is 12.8. The van der Waals surface area contributed by atoms with Crippen molar-refractivity contribution in [2.24, 2.45) is 0 Å². The Balaban J connectivity index is 2.17. The van der Waals surface area contributed by atoms with E-state index in [0.717, 1.165) is 18.7 Å². The largest absolute Gasteiger partial charge is 0.496 e. The molecule has 0 aliphatic heterocycles. The molecule has 0 atom stereocenters. The maximum absolute atomic E-state index is 5.41. The average Bonchev–Trinajstić information content (AvgIpc) is 2.42. The molecule has 1 N–H and O–H groups in total. The molecule has 1 rings (SSSR count). The molecule has 0 radical (unpaired) electrons. The van der Waals surface area contributed by atoms with Gasteiger partial charge < -0.3 is 10.1 Å². The summed E-state index contributed by atoms with van der Waals surface area (Å²) < 4.78 is 5.41. The van der Waals surface area contributed by atoms with Crippen LogP contribution in [0.25, 0.3) is 0 Å². The van der Waals surface area contributed by atoms with Gasteiger partial charge in [-0.2, -0.15) is 0 Å². The maximum atomic E-state index is 5.41. The van der Waals surface area contributed by atoms with E-state index >= 15 is 0 Å². The molecule has 0 saturated carbocycles. The van der Waals surface area contributed by atoms with Gasteiger partial charge in [-0.15, -0.1) is 0 Å². The molecule has 0 fully saturated rings. The van der Waals surface area contributed by atoms with Gasteiger partial charge in [-0.05, 0) is 57.3 Å². The van der Waals surface area contributed by atoms with Crippen molar-refractivity contribution in [2.75, 3.05) is 20.2 Å². The summed E-state index contributed by atoms with van der Waals surface area (Å²) in [5.41, 5.74) is 2.67. The standard InChI is InChI=1S/C17H29NO/c1-4-12-18-13-8-6-5-7-9-16-14-15(2)10-11-17(16)19-3/h10-11,14,18H,4-9,12-13H2,1-3H3. The van der Waals surface area contributed by atoms with Gasteiger partial charge in [0.15, 0.2) is 0 Å². The molecule has 2 nitrogen and oxygen atoms in total. The molecule has 2 heteroatoms. The van der Waals surface area contributed by atoms with Crippen LogP contribution >= 0.6 is 0 Å². The van der Waals surface area contributed by atoms with Gasteiger partial charge in [0.1, 0.15) is 5.75 Å². The van der Waals surface area contributed by atoms with Gasteiger partial charge >= 0.3 is 0 Å². The molecule has 0 heterocycles. The first-order chi connectivity index (χ1) is 9.27. The van der Waals surface area contributed by atoms with E-state index in [-0.39, 0.29) is 0 Å². The van der Waals surface area contributed by atoms with Crippen molar-refractivity contribution >= 4 is 0 Å². The van der Waals surface area contributed by atoms with Crippen molar-refractivity contribution in [1.82, 2.24) is 5.32 Å². The molecule has 0 bridgehead atoms. The number of aryl methyl sites for hydroxylation is 2. The van der Waals surface area contributed by atoms with Crippen LogP contribution in [-0.4, -0.2) is 20.2 Å². The quantitative estimate of drug-likeness (QED) is 0.642. The number of hydrogen-bond donors (Lipinski definition) is 1. The number of unbranched alkanes of at least 4 members (excludes halogenated alkanes) is 3. The van der Waals surface area contributed by atoms with Crippen LogP contribution in [-0.2, 0) is 6.42 Å². The lowest BCUT2D eigenvalue weighted by Crippen LogP contribution is -2.15. The number of methoxy groups -OCH3 is 1. The summed E-state index contributed by atoms with van der Waals surface area (Å²) in [5, 5.41) is 3.45. The predicted molar refractivity (Wildman–Crippen MR) is 83.1 cm³/mol. The fourth-order valence-electron chi connectivity index (χ4n) is 2.32. The monoisotopic (exact) mass is 263 g/mol. The summed E-state index contributed by atoms with van der Waals surface area (Å²) in [6, 6.07) is 6.45. The second-order valence-electron chi connectivity index (χ2n) is 5.23. The number of nitrogens with one attached hydrogen (secondary N) is 1. The van der Waals surface area contributed by atoms with Crippen LogP contribution in [0, 0.1) is 6.92 Å². The first kappa shape index (κ1) is 16.0. The summed E-state index contributed by atoms with van der Waals surface area (Å²) in [6.07, 6.45) is 7.55. The molecule has 0 aliphatic rings. The highest BCUT2D eigenvalue weighted by molar-refractivity contribution is 5.36. The van der Waals surface area contributed by atoms with Crippen LogP contribution in [0.15, 0.2) is 18.2 Å². The van der Waals surface area contributed by atoms with Crippen LogP contribution in [0.5, 0.6) is 5.75 Å². The molecule has 0 aliphatic carbocycles. The minimum Gasteiger partial charge on any atom is -0.496 e. The first-order valence-corrected chi connectivity index (χ1v) is 7.62. The third kappa shape index (κ3) is 6.63. The highest BCUT2D eigenvalue weighted by Crippen LogP contribution is 2.21. The van der Waals surface area contributed by atoms with Crippen LogP contribution in [0.4, 0.5) is 0 Å². The van der Waals surface area contributed by atoms with Gasteiger partial charge in [-0.3, -0.25) is 0 Å². The van der Waals surface area contributed by atoms with E-state index < -0.39 is 0 Å². The van der Waals surface area contributed by atoms with Gasteiger partial charge in [-0.25, -0.2) is 0 Å². The molecule has 0 aromatic heterocycles. The average molecular weight is 263 g/mol. The number of hydrogen-bond acceptors (Lipinski definition) is 2. The van der Waals surface area contributed by atoms with E-state index in [1.807, 2.05) is 0 Å². The topological polar surface area (TPSA) is 21.3 Å². The number of ether oxygens (including phenoxy) is 1. The van der Waals surface area contributed by atoms with Crippen LogP contribution in [0.2, 0.25) is 0 Å². The molecule has 19 heavy (non-hydrogen) atoms. The molecule has 0 spiro atoms. The molecule has 1 aromatic carbocycles. The van der Waals surface area contributed by atoms with Crippen molar-refractivity contribution in [3.8, 4) is 5.75 Å². The molecule has 1 aromatic rings. The molecular formula is C17H29NO. The Kier molecular flexibility index (Phi) is 8.31. The minimum absolute atomic E-state index is 1.04. The second kappa shape index (κ2) is 9.85. The summed E-state index contributed by atoms with van der Waals surface area (Å²) in [4.78, 5) is 0. The molecule has 108 valence electrons. The highest BCUT2D eigenvalue weighted by Gasteiger charge is 2.02. The lowest BCUT2D eigenvalue weighted by molar-refractivity contribution is 0.408. The predicted octanol–water partition coefficient (Wildman–Crippen LogP) is 4.11. The fourth-order valence-corrected chi connectivity index (χ4v) is 2.32. The summed E-state index contributed by atoms with van der Waals surface area (Å²) >= 11 is 0. The van der Waals surface area contributed by atoms with Gasteiger partial charge in [0.25, 0.3) is 0 Å². The van der Waals surface area contributed by atoms with Gasteiger partial charge in [0.05, 0.1) is 7.11 Å². The minimum atomic E-state index is 1.04. The molecular weight excluding hydrogens is 234 g/mol. The third-order valence-corrected chi connectivity index (χ3v) is 3.41. The molecule has 0 amide bonds. The van der Waals surface area contributed by atoms with Crippen molar-refractivity contribution < 1.29 is 4.74 Å². The Morgan fingerprint density at radius 3 is 2.58 bits per heavy atom. The maximum Gasteiger partial charge on any atom is 0.122 e. The Morgan fingerprint density at radius 2 is 1.84 bits per heavy atom. The van der Waals surface area contributed by atoms with Crippen molar-refractivity contribution in [2.45, 2.75) is 52.4 Å². The first-order valence-electron chi connectivity index (χ1n) is 7.62. The van der Waals surface area contributed by atoms with E-state index in [1.54, 1.807) is 7.11 Å². The van der Waals surface area contributed by atoms with Gasteiger partial charge in [0, 0.05) is 0 Å². The van der Waals surface area contributed by atoms with E-state index in [4.69, 9.17) is 4.74 Å². The van der Waals surface area contributed by atoms with Crippen molar-refractivity contribution in [3.05, 3.63) is 29.3 Å². The van der Waals surface area contributed by atoms with E-state index in [9.17, 15) is 0 Å². The van der Waals surface area contributed by atoms with Crippen molar-refractivity contribution in [1.29, 1.82) is 0 Å². The lowest BCUT2D eigenvalue weighted by atomic mass is 10.0. The summed E-state index contributed by atoms with van der Waals surface area (Å²) in [7, 11) is 1.76. The Bertz CT molecular complexity index is 349. The van der Waals surface area contributed by atoms with E-state index in [1.165, 1.54) is 49.8 Å². The zero-order chi connectivity index (χ0) is 13.9. The van der Waals surface area contributed by atoms with Crippen molar-refractivity contribution in [3.63, 3.8) is 0 Å². The number of benzene rings is 1. The van der Waals surface area contributed by atoms with E-state index in [2.05, 4.69) is 37.4 Å². The molecule has 0 unspecified atom stereocenters. The fraction of sp³-hybridized carbons (Fsp3) is 0.647.